The third-order valence-electron chi connectivity index (χ3n) is 4.82. The van der Waals surface area contributed by atoms with Crippen molar-refractivity contribution in [3.8, 4) is 0 Å². The van der Waals surface area contributed by atoms with Gasteiger partial charge in [-0.15, -0.1) is 11.3 Å². The van der Waals surface area contributed by atoms with Crippen LogP contribution in [0.3, 0.4) is 0 Å². The SMILES string of the molecule is CC1(C)CCCCC1Nc1nc2c(s1)CCC2C(=O)O. The molecule has 2 N–H and O–H groups in total. The zero-order valence-corrected chi connectivity index (χ0v) is 12.9. The van der Waals surface area contributed by atoms with Crippen LogP contribution in [-0.4, -0.2) is 22.1 Å². The number of fused-ring (bicyclic) bond motifs is 1. The summed E-state index contributed by atoms with van der Waals surface area (Å²) in [6.45, 7) is 4.62. The molecule has 110 valence electrons. The van der Waals surface area contributed by atoms with Crippen molar-refractivity contribution in [1.29, 1.82) is 0 Å². The quantitative estimate of drug-likeness (QED) is 0.893. The number of hydrogen-bond donors (Lipinski definition) is 2. The zero-order chi connectivity index (χ0) is 14.3. The van der Waals surface area contributed by atoms with Crippen molar-refractivity contribution in [2.24, 2.45) is 5.41 Å². The van der Waals surface area contributed by atoms with Gasteiger partial charge in [-0.25, -0.2) is 4.98 Å². The summed E-state index contributed by atoms with van der Waals surface area (Å²) in [7, 11) is 0. The van der Waals surface area contributed by atoms with Gasteiger partial charge in [-0.2, -0.15) is 0 Å². The number of rotatable bonds is 3. The van der Waals surface area contributed by atoms with Crippen LogP contribution in [0.5, 0.6) is 0 Å². The number of aliphatic carboxylic acids is 1. The Labute approximate surface area is 123 Å². The minimum Gasteiger partial charge on any atom is -0.481 e. The number of aryl methyl sites for hydroxylation is 1. The molecule has 4 nitrogen and oxygen atoms in total. The van der Waals surface area contributed by atoms with Gasteiger partial charge >= 0.3 is 5.97 Å². The number of carbonyl (C=O) groups is 1. The minimum absolute atomic E-state index is 0.292. The molecule has 0 aromatic carbocycles. The lowest BCUT2D eigenvalue weighted by molar-refractivity contribution is -0.138. The van der Waals surface area contributed by atoms with E-state index in [1.165, 1.54) is 25.7 Å². The first-order valence-electron chi connectivity index (χ1n) is 7.46. The van der Waals surface area contributed by atoms with Crippen LogP contribution < -0.4 is 5.32 Å². The molecule has 1 fully saturated rings. The van der Waals surface area contributed by atoms with Crippen LogP contribution in [0.1, 0.15) is 62.4 Å². The molecule has 2 atom stereocenters. The van der Waals surface area contributed by atoms with Crippen LogP contribution in [0.2, 0.25) is 0 Å². The summed E-state index contributed by atoms with van der Waals surface area (Å²) in [6, 6.07) is 0.450. The number of thiazole rings is 1. The first-order chi connectivity index (χ1) is 9.47. The Hall–Kier alpha value is -1.10. The van der Waals surface area contributed by atoms with Gasteiger partial charge in [-0.05, 0) is 31.1 Å². The first kappa shape index (κ1) is 13.9. The fourth-order valence-corrected chi connectivity index (χ4v) is 4.53. The molecular formula is C15H22N2O2S. The largest absolute Gasteiger partial charge is 0.481 e. The maximum atomic E-state index is 11.2. The van der Waals surface area contributed by atoms with Gasteiger partial charge in [0.2, 0.25) is 0 Å². The van der Waals surface area contributed by atoms with Crippen molar-refractivity contribution in [1.82, 2.24) is 4.98 Å². The summed E-state index contributed by atoms with van der Waals surface area (Å²) in [5, 5.41) is 13.7. The highest BCUT2D eigenvalue weighted by atomic mass is 32.1. The topological polar surface area (TPSA) is 62.2 Å². The standard InChI is InChI=1S/C15H22N2O2S/c1-15(2)8-4-3-5-11(15)16-14-17-12-9(13(18)19)6-7-10(12)20-14/h9,11H,3-8H2,1-2H3,(H,16,17)(H,18,19). The molecule has 0 saturated heterocycles. The molecule has 0 amide bonds. The van der Waals surface area contributed by atoms with E-state index in [1.807, 2.05) is 0 Å². The molecule has 2 aliphatic carbocycles. The highest BCUT2D eigenvalue weighted by molar-refractivity contribution is 7.15. The van der Waals surface area contributed by atoms with Crippen LogP contribution in [0.4, 0.5) is 5.13 Å². The second-order valence-corrected chi connectivity index (χ2v) is 7.77. The normalized spacial score (nSPS) is 28.1. The lowest BCUT2D eigenvalue weighted by atomic mass is 9.73. The number of hydrogen-bond acceptors (Lipinski definition) is 4. The van der Waals surface area contributed by atoms with Gasteiger partial charge in [0.15, 0.2) is 5.13 Å². The number of anilines is 1. The van der Waals surface area contributed by atoms with Crippen LogP contribution in [0.25, 0.3) is 0 Å². The summed E-state index contributed by atoms with van der Waals surface area (Å²) < 4.78 is 0. The Bertz CT molecular complexity index is 524. The van der Waals surface area contributed by atoms with E-state index in [0.717, 1.165) is 22.1 Å². The van der Waals surface area contributed by atoms with Gasteiger partial charge in [0.05, 0.1) is 5.69 Å². The molecule has 2 unspecified atom stereocenters. The fraction of sp³-hybridized carbons (Fsp3) is 0.733. The monoisotopic (exact) mass is 294 g/mol. The van der Waals surface area contributed by atoms with E-state index < -0.39 is 11.9 Å². The van der Waals surface area contributed by atoms with Crippen molar-refractivity contribution in [2.75, 3.05) is 5.32 Å². The maximum absolute atomic E-state index is 11.2. The summed E-state index contributed by atoms with van der Waals surface area (Å²) in [6.07, 6.45) is 6.57. The van der Waals surface area contributed by atoms with Gasteiger partial charge < -0.3 is 10.4 Å². The van der Waals surface area contributed by atoms with E-state index in [9.17, 15) is 9.90 Å². The van der Waals surface area contributed by atoms with Crippen molar-refractivity contribution in [3.63, 3.8) is 0 Å². The highest BCUT2D eigenvalue weighted by Crippen LogP contribution is 2.41. The molecule has 1 saturated carbocycles. The smallest absolute Gasteiger partial charge is 0.312 e. The van der Waals surface area contributed by atoms with Gasteiger partial charge in [0.25, 0.3) is 0 Å². The Balaban J connectivity index is 1.76. The number of aromatic nitrogens is 1. The molecule has 0 spiro atoms. The zero-order valence-electron chi connectivity index (χ0n) is 12.1. The van der Waals surface area contributed by atoms with Crippen LogP contribution in [0, 0.1) is 5.41 Å². The molecule has 0 bridgehead atoms. The average molecular weight is 294 g/mol. The predicted molar refractivity (Wildman–Crippen MR) is 80.5 cm³/mol. The summed E-state index contributed by atoms with van der Waals surface area (Å²) in [5.74, 6) is -1.13. The van der Waals surface area contributed by atoms with Crippen LogP contribution in [0.15, 0.2) is 0 Å². The molecule has 0 aliphatic heterocycles. The van der Waals surface area contributed by atoms with Gasteiger partial charge in [0, 0.05) is 10.9 Å². The van der Waals surface area contributed by atoms with Crippen molar-refractivity contribution in [2.45, 2.75) is 64.3 Å². The van der Waals surface area contributed by atoms with Crippen molar-refractivity contribution in [3.05, 3.63) is 10.6 Å². The molecule has 1 heterocycles. The van der Waals surface area contributed by atoms with E-state index in [-0.39, 0.29) is 0 Å². The summed E-state index contributed by atoms with van der Waals surface area (Å²) in [4.78, 5) is 17.0. The minimum atomic E-state index is -0.737. The first-order valence-corrected chi connectivity index (χ1v) is 8.28. The predicted octanol–water partition coefficient (Wildman–Crippen LogP) is 3.64. The second-order valence-electron chi connectivity index (χ2n) is 6.69. The van der Waals surface area contributed by atoms with Crippen LogP contribution >= 0.6 is 11.3 Å². The molecule has 3 rings (SSSR count). The summed E-state index contributed by atoms with van der Waals surface area (Å²) in [5.41, 5.74) is 1.10. The molecule has 1 aromatic rings. The molecule has 0 radical (unpaired) electrons. The van der Waals surface area contributed by atoms with E-state index in [2.05, 4.69) is 24.1 Å². The van der Waals surface area contributed by atoms with Crippen molar-refractivity contribution < 1.29 is 9.90 Å². The number of nitrogens with one attached hydrogen (secondary N) is 1. The van der Waals surface area contributed by atoms with Gasteiger partial charge in [-0.3, -0.25) is 4.79 Å². The number of carboxylic acids is 1. The Morgan fingerprint density at radius 1 is 1.40 bits per heavy atom. The van der Waals surface area contributed by atoms with E-state index in [1.54, 1.807) is 11.3 Å². The third-order valence-corrected chi connectivity index (χ3v) is 5.88. The van der Waals surface area contributed by atoms with E-state index >= 15 is 0 Å². The van der Waals surface area contributed by atoms with E-state index in [4.69, 9.17) is 0 Å². The third kappa shape index (κ3) is 2.43. The Kier molecular flexibility index (Phi) is 3.48. The van der Waals surface area contributed by atoms with Gasteiger partial charge in [-0.1, -0.05) is 26.7 Å². The Morgan fingerprint density at radius 3 is 2.90 bits per heavy atom. The summed E-state index contributed by atoms with van der Waals surface area (Å²) >= 11 is 1.65. The average Bonchev–Trinajstić information content (AvgIpc) is 2.90. The van der Waals surface area contributed by atoms with Gasteiger partial charge in [0.1, 0.15) is 5.92 Å². The maximum Gasteiger partial charge on any atom is 0.312 e. The lowest BCUT2D eigenvalue weighted by Gasteiger charge is -2.39. The van der Waals surface area contributed by atoms with Crippen LogP contribution in [-0.2, 0) is 11.2 Å². The molecular weight excluding hydrogens is 272 g/mol. The molecule has 5 heteroatoms. The molecule has 1 aromatic heterocycles. The number of nitrogens with zero attached hydrogens (tertiary/aromatic N) is 1. The number of carboxylic acid groups (broad SMARTS) is 1. The Morgan fingerprint density at radius 2 is 2.20 bits per heavy atom. The van der Waals surface area contributed by atoms with E-state index in [0.29, 0.717) is 17.9 Å². The molecule has 20 heavy (non-hydrogen) atoms. The highest BCUT2D eigenvalue weighted by Gasteiger charge is 2.35. The second kappa shape index (κ2) is 5.02. The lowest BCUT2D eigenvalue weighted by Crippen LogP contribution is -2.38. The van der Waals surface area contributed by atoms with Crippen molar-refractivity contribution >= 4 is 22.4 Å². The fourth-order valence-electron chi connectivity index (χ4n) is 3.44. The molecule has 2 aliphatic rings.